The summed E-state index contributed by atoms with van der Waals surface area (Å²) in [6.07, 6.45) is 1.83. The fourth-order valence-corrected chi connectivity index (χ4v) is 5.34. The van der Waals surface area contributed by atoms with Gasteiger partial charge in [0.2, 0.25) is 0 Å². The minimum atomic E-state index is 0.0698. The molecule has 2 heterocycles. The van der Waals surface area contributed by atoms with Crippen LogP contribution in [0.2, 0.25) is 0 Å². The Morgan fingerprint density at radius 1 is 1.15 bits per heavy atom. The van der Waals surface area contributed by atoms with Crippen LogP contribution in [0.3, 0.4) is 0 Å². The first-order valence-electron chi connectivity index (χ1n) is 9.18. The van der Waals surface area contributed by atoms with E-state index in [0.29, 0.717) is 5.25 Å². The smallest absolute Gasteiger partial charge is 0.268 e. The normalized spacial score (nSPS) is 15.7. The second-order valence-corrected chi connectivity index (χ2v) is 9.37. The van der Waals surface area contributed by atoms with Crippen LogP contribution in [0.15, 0.2) is 69.4 Å². The molecule has 138 valence electrons. The first-order chi connectivity index (χ1) is 13.1. The van der Waals surface area contributed by atoms with Crippen molar-refractivity contribution in [3.8, 4) is 5.69 Å². The van der Waals surface area contributed by atoms with Gasteiger partial charge in [0.15, 0.2) is 5.16 Å². The second kappa shape index (κ2) is 7.95. The molecule has 0 saturated heterocycles. The van der Waals surface area contributed by atoms with Gasteiger partial charge >= 0.3 is 0 Å². The molecule has 3 aromatic rings. The Hall–Kier alpha value is -1.98. The quantitative estimate of drug-likeness (QED) is 0.455. The molecule has 27 heavy (non-hydrogen) atoms. The molecule has 0 saturated carbocycles. The van der Waals surface area contributed by atoms with Gasteiger partial charge in [-0.1, -0.05) is 66.7 Å². The zero-order valence-corrected chi connectivity index (χ0v) is 17.1. The molecule has 4 rings (SSSR count). The minimum Gasteiger partial charge on any atom is -0.268 e. The third-order valence-electron chi connectivity index (χ3n) is 4.64. The summed E-state index contributed by atoms with van der Waals surface area (Å²) in [6.45, 7) is 4.21. The molecular weight excluding hydrogens is 372 g/mol. The summed E-state index contributed by atoms with van der Waals surface area (Å²) in [6, 6.07) is 18.6. The van der Waals surface area contributed by atoms with Crippen molar-refractivity contribution in [2.75, 3.05) is 5.75 Å². The van der Waals surface area contributed by atoms with Crippen molar-refractivity contribution in [2.24, 2.45) is 0 Å². The molecule has 1 aliphatic heterocycles. The Morgan fingerprint density at radius 3 is 2.63 bits per heavy atom. The Morgan fingerprint density at radius 2 is 1.89 bits per heavy atom. The largest absolute Gasteiger partial charge is 0.272 e. The van der Waals surface area contributed by atoms with Gasteiger partial charge in [0.25, 0.3) is 5.56 Å². The predicted molar refractivity (Wildman–Crippen MR) is 114 cm³/mol. The van der Waals surface area contributed by atoms with Crippen molar-refractivity contribution in [1.29, 1.82) is 0 Å². The zero-order valence-electron chi connectivity index (χ0n) is 15.5. The van der Waals surface area contributed by atoms with Crippen molar-refractivity contribution in [3.05, 3.63) is 81.8 Å². The van der Waals surface area contributed by atoms with E-state index >= 15 is 0 Å². The Balaban J connectivity index is 1.68. The van der Waals surface area contributed by atoms with E-state index in [-0.39, 0.29) is 5.56 Å². The summed E-state index contributed by atoms with van der Waals surface area (Å²) in [7, 11) is 0. The molecule has 0 fully saturated rings. The van der Waals surface area contributed by atoms with Gasteiger partial charge in [-0.05, 0) is 31.0 Å². The van der Waals surface area contributed by atoms with E-state index in [1.807, 2.05) is 30.3 Å². The number of fused-ring (bicyclic) bond motifs is 1. The highest BCUT2D eigenvalue weighted by Gasteiger charge is 2.26. The summed E-state index contributed by atoms with van der Waals surface area (Å²) in [5, 5.41) is 1.21. The lowest BCUT2D eigenvalue weighted by atomic mass is 10.2. The summed E-state index contributed by atoms with van der Waals surface area (Å²) >= 11 is 3.32. The molecule has 0 aliphatic carbocycles. The Labute approximate surface area is 168 Å². The van der Waals surface area contributed by atoms with Crippen molar-refractivity contribution in [2.45, 2.75) is 42.0 Å². The van der Waals surface area contributed by atoms with Crippen molar-refractivity contribution >= 4 is 23.5 Å². The fraction of sp³-hybridized carbons (Fsp3) is 0.273. The van der Waals surface area contributed by atoms with Crippen LogP contribution in [0.5, 0.6) is 0 Å². The van der Waals surface area contributed by atoms with Crippen molar-refractivity contribution in [3.63, 3.8) is 0 Å². The number of rotatable bonds is 5. The van der Waals surface area contributed by atoms with Gasteiger partial charge in [0, 0.05) is 17.4 Å². The number of benzene rings is 2. The van der Waals surface area contributed by atoms with Gasteiger partial charge in [-0.25, -0.2) is 4.98 Å². The number of nitrogens with zero attached hydrogens (tertiary/aromatic N) is 2. The highest BCUT2D eigenvalue weighted by Crippen LogP contribution is 2.35. The van der Waals surface area contributed by atoms with Crippen molar-refractivity contribution in [1.82, 2.24) is 9.55 Å². The maximum atomic E-state index is 13.2. The van der Waals surface area contributed by atoms with Crippen LogP contribution in [0, 0.1) is 6.92 Å². The first kappa shape index (κ1) is 18.4. The molecule has 1 aromatic heterocycles. The van der Waals surface area contributed by atoms with E-state index in [1.165, 1.54) is 11.1 Å². The number of aryl methyl sites for hydroxylation is 2. The zero-order chi connectivity index (χ0) is 18.8. The maximum Gasteiger partial charge on any atom is 0.272 e. The molecule has 0 bridgehead atoms. The molecular formula is C22H22N2OS2. The molecule has 0 N–H and O–H groups in total. The predicted octanol–water partition coefficient (Wildman–Crippen LogP) is 4.91. The third-order valence-corrected chi connectivity index (χ3v) is 6.79. The van der Waals surface area contributed by atoms with Crippen molar-refractivity contribution < 1.29 is 0 Å². The molecule has 5 heteroatoms. The van der Waals surface area contributed by atoms with Gasteiger partial charge in [0.1, 0.15) is 0 Å². The van der Waals surface area contributed by atoms with E-state index in [9.17, 15) is 4.79 Å². The van der Waals surface area contributed by atoms with Crippen LogP contribution < -0.4 is 5.56 Å². The first-order valence-corrected chi connectivity index (χ1v) is 11.0. The monoisotopic (exact) mass is 394 g/mol. The number of thioether (sulfide) groups is 2. The third kappa shape index (κ3) is 3.99. The summed E-state index contributed by atoms with van der Waals surface area (Å²) in [4.78, 5) is 18.9. The van der Waals surface area contributed by atoms with Crippen LogP contribution in [0.4, 0.5) is 0 Å². The molecule has 0 amide bonds. The van der Waals surface area contributed by atoms with Crippen LogP contribution >= 0.6 is 23.5 Å². The SMILES string of the molecule is Cc1ccc(-n2c(SCCc3ccccc3)nc3c(c2=O)SC(C)C3)cc1. The molecule has 1 unspecified atom stereocenters. The van der Waals surface area contributed by atoms with Crippen LogP contribution in [-0.2, 0) is 12.8 Å². The van der Waals surface area contributed by atoms with Gasteiger partial charge in [-0.3, -0.25) is 9.36 Å². The molecule has 0 radical (unpaired) electrons. The molecule has 1 atom stereocenters. The minimum absolute atomic E-state index is 0.0698. The molecule has 0 spiro atoms. The number of hydrogen-bond acceptors (Lipinski definition) is 4. The lowest BCUT2D eigenvalue weighted by Gasteiger charge is -2.14. The van der Waals surface area contributed by atoms with Gasteiger partial charge in [0.05, 0.1) is 16.3 Å². The maximum absolute atomic E-state index is 13.2. The average Bonchev–Trinajstić information content (AvgIpc) is 3.05. The highest BCUT2D eigenvalue weighted by atomic mass is 32.2. The topological polar surface area (TPSA) is 34.9 Å². The average molecular weight is 395 g/mol. The van der Waals surface area contributed by atoms with E-state index in [1.54, 1.807) is 28.1 Å². The van der Waals surface area contributed by atoms with Gasteiger partial charge in [-0.2, -0.15) is 0 Å². The van der Waals surface area contributed by atoms with Crippen LogP contribution in [-0.4, -0.2) is 20.6 Å². The summed E-state index contributed by atoms with van der Waals surface area (Å²) in [5.41, 5.74) is 4.41. The lowest BCUT2D eigenvalue weighted by Crippen LogP contribution is -2.24. The van der Waals surface area contributed by atoms with E-state index < -0.39 is 0 Å². The fourth-order valence-electron chi connectivity index (χ4n) is 3.22. The molecule has 1 aliphatic rings. The Kier molecular flexibility index (Phi) is 5.41. The lowest BCUT2D eigenvalue weighted by molar-refractivity contribution is 0.730. The van der Waals surface area contributed by atoms with Crippen LogP contribution in [0.1, 0.15) is 23.7 Å². The van der Waals surface area contributed by atoms with Crippen LogP contribution in [0.25, 0.3) is 5.69 Å². The molecule has 2 aromatic carbocycles. The van der Waals surface area contributed by atoms with E-state index in [0.717, 1.165) is 40.0 Å². The van der Waals surface area contributed by atoms with Gasteiger partial charge in [-0.15, -0.1) is 11.8 Å². The highest BCUT2D eigenvalue weighted by molar-refractivity contribution is 8.00. The number of hydrogen-bond donors (Lipinski definition) is 0. The standard InChI is InChI=1S/C22H22N2OS2/c1-15-8-10-18(11-9-15)24-21(25)20-19(14-16(2)27-20)23-22(24)26-13-12-17-6-4-3-5-7-17/h3-11,16H,12-14H2,1-2H3. The summed E-state index contributed by atoms with van der Waals surface area (Å²) in [5.74, 6) is 0.893. The van der Waals surface area contributed by atoms with E-state index in [2.05, 4.69) is 38.1 Å². The summed E-state index contributed by atoms with van der Waals surface area (Å²) < 4.78 is 1.79. The Bertz CT molecular complexity index is 997. The van der Waals surface area contributed by atoms with Gasteiger partial charge < -0.3 is 0 Å². The van der Waals surface area contributed by atoms with E-state index in [4.69, 9.17) is 4.98 Å². The second-order valence-electron chi connectivity index (χ2n) is 6.86. The molecule has 3 nitrogen and oxygen atoms in total. The number of aromatic nitrogens is 2.